The highest BCUT2D eigenvalue weighted by molar-refractivity contribution is 5.80. The Kier molecular flexibility index (Phi) is 4.00. The van der Waals surface area contributed by atoms with Crippen molar-refractivity contribution < 1.29 is 4.39 Å². The van der Waals surface area contributed by atoms with Gasteiger partial charge in [-0.25, -0.2) is 4.39 Å². The molecule has 0 spiro atoms. The summed E-state index contributed by atoms with van der Waals surface area (Å²) in [5, 5.41) is 15.0. The van der Waals surface area contributed by atoms with Gasteiger partial charge >= 0.3 is 0 Å². The number of nitrogens with one attached hydrogen (secondary N) is 2. The average molecular weight is 260 g/mol. The summed E-state index contributed by atoms with van der Waals surface area (Å²) in [7, 11) is 1.69. The second kappa shape index (κ2) is 5.70. The lowest BCUT2D eigenvalue weighted by atomic mass is 10.1. The topological polar surface area (TPSA) is 60.2 Å². The first kappa shape index (κ1) is 13.3. The zero-order valence-electron chi connectivity index (χ0n) is 11.1. The van der Waals surface area contributed by atoms with Crippen LogP contribution in [0.4, 0.5) is 4.39 Å². The molecule has 1 fully saturated rings. The fraction of sp³-hybridized carbons (Fsp3) is 0.429. The molecule has 1 saturated carbocycles. The monoisotopic (exact) mass is 260 g/mol. The SMILES string of the molecule is CN=C(NCc1ccc(C#N)cc1F)NC1CC1C. The Morgan fingerprint density at radius 3 is 2.84 bits per heavy atom. The minimum Gasteiger partial charge on any atom is -0.353 e. The molecule has 1 aliphatic rings. The number of halogens is 1. The molecule has 100 valence electrons. The van der Waals surface area contributed by atoms with Crippen LogP contribution in [0, 0.1) is 23.1 Å². The molecule has 0 aromatic heterocycles. The van der Waals surface area contributed by atoms with Crippen molar-refractivity contribution in [2.24, 2.45) is 10.9 Å². The lowest BCUT2D eigenvalue weighted by Gasteiger charge is -2.12. The standard InChI is InChI=1S/C14H17FN4/c1-9-5-13(9)19-14(17-2)18-8-11-4-3-10(7-16)6-12(11)15/h3-4,6,9,13H,5,8H2,1-2H3,(H2,17,18,19). The molecular weight excluding hydrogens is 243 g/mol. The summed E-state index contributed by atoms with van der Waals surface area (Å²) in [5.74, 6) is 0.977. The lowest BCUT2D eigenvalue weighted by molar-refractivity contribution is 0.604. The number of nitrogens with zero attached hydrogens (tertiary/aromatic N) is 2. The third kappa shape index (κ3) is 3.44. The molecule has 0 amide bonds. The highest BCUT2D eigenvalue weighted by Crippen LogP contribution is 2.28. The summed E-state index contributed by atoms with van der Waals surface area (Å²) in [4.78, 5) is 4.10. The quantitative estimate of drug-likeness (QED) is 0.643. The number of rotatable bonds is 3. The van der Waals surface area contributed by atoms with E-state index >= 15 is 0 Å². The van der Waals surface area contributed by atoms with Gasteiger partial charge < -0.3 is 10.6 Å². The molecule has 2 atom stereocenters. The molecule has 1 aromatic rings. The fourth-order valence-electron chi connectivity index (χ4n) is 1.83. The minimum absolute atomic E-state index is 0.329. The fourth-order valence-corrected chi connectivity index (χ4v) is 1.83. The van der Waals surface area contributed by atoms with Gasteiger partial charge in [0.25, 0.3) is 0 Å². The maximum atomic E-state index is 13.7. The van der Waals surface area contributed by atoms with E-state index in [0.717, 1.165) is 6.42 Å². The summed E-state index contributed by atoms with van der Waals surface area (Å²) in [6, 6.07) is 6.86. The predicted molar refractivity (Wildman–Crippen MR) is 72.0 cm³/mol. The van der Waals surface area contributed by atoms with Gasteiger partial charge in [-0.2, -0.15) is 5.26 Å². The second-order valence-electron chi connectivity index (χ2n) is 4.81. The molecule has 0 saturated heterocycles. The van der Waals surface area contributed by atoms with Gasteiger partial charge in [0.05, 0.1) is 11.6 Å². The zero-order valence-corrected chi connectivity index (χ0v) is 11.1. The van der Waals surface area contributed by atoms with Crippen LogP contribution in [0.1, 0.15) is 24.5 Å². The summed E-state index contributed by atoms with van der Waals surface area (Å²) in [5.41, 5.74) is 0.848. The van der Waals surface area contributed by atoms with Crippen LogP contribution in [0.3, 0.4) is 0 Å². The molecule has 19 heavy (non-hydrogen) atoms. The van der Waals surface area contributed by atoms with E-state index in [-0.39, 0.29) is 5.82 Å². The molecule has 5 heteroatoms. The average Bonchev–Trinajstić information content (AvgIpc) is 3.11. The van der Waals surface area contributed by atoms with E-state index in [1.807, 2.05) is 6.07 Å². The molecular formula is C14H17FN4. The van der Waals surface area contributed by atoms with E-state index in [9.17, 15) is 4.39 Å². The molecule has 4 nitrogen and oxygen atoms in total. The summed E-state index contributed by atoms with van der Waals surface area (Å²) in [6.07, 6.45) is 1.14. The van der Waals surface area contributed by atoms with Gasteiger partial charge in [0, 0.05) is 25.2 Å². The molecule has 2 unspecified atom stereocenters. The Bertz CT molecular complexity index is 533. The molecule has 1 aliphatic carbocycles. The van der Waals surface area contributed by atoms with E-state index in [0.29, 0.717) is 35.6 Å². The molecule has 0 aliphatic heterocycles. The lowest BCUT2D eigenvalue weighted by Crippen LogP contribution is -2.38. The van der Waals surface area contributed by atoms with Crippen molar-refractivity contribution in [1.82, 2.24) is 10.6 Å². The molecule has 2 N–H and O–H groups in total. The van der Waals surface area contributed by atoms with E-state index in [4.69, 9.17) is 5.26 Å². The molecule has 0 heterocycles. The normalized spacial score (nSPS) is 21.7. The number of hydrogen-bond acceptors (Lipinski definition) is 2. The summed E-state index contributed by atoms with van der Waals surface area (Å²) < 4.78 is 13.7. The molecule has 0 bridgehead atoms. The number of benzene rings is 1. The van der Waals surface area contributed by atoms with Crippen LogP contribution < -0.4 is 10.6 Å². The first-order valence-electron chi connectivity index (χ1n) is 6.29. The molecule has 0 radical (unpaired) electrons. The van der Waals surface area contributed by atoms with E-state index in [1.165, 1.54) is 6.07 Å². The van der Waals surface area contributed by atoms with Crippen LogP contribution in [0.15, 0.2) is 23.2 Å². The van der Waals surface area contributed by atoms with Gasteiger partial charge in [-0.15, -0.1) is 0 Å². The Hall–Kier alpha value is -2.09. The maximum absolute atomic E-state index is 13.7. The highest BCUT2D eigenvalue weighted by atomic mass is 19.1. The van der Waals surface area contributed by atoms with Crippen molar-refractivity contribution in [3.8, 4) is 6.07 Å². The van der Waals surface area contributed by atoms with Crippen molar-refractivity contribution in [2.75, 3.05) is 7.05 Å². The van der Waals surface area contributed by atoms with Gasteiger partial charge in [-0.3, -0.25) is 4.99 Å². The van der Waals surface area contributed by atoms with Gasteiger partial charge in [0.1, 0.15) is 5.82 Å². The van der Waals surface area contributed by atoms with Crippen molar-refractivity contribution in [2.45, 2.75) is 25.9 Å². The van der Waals surface area contributed by atoms with Gasteiger partial charge in [0.15, 0.2) is 5.96 Å². The number of hydrogen-bond donors (Lipinski definition) is 2. The highest BCUT2D eigenvalue weighted by Gasteiger charge is 2.33. The third-order valence-corrected chi connectivity index (χ3v) is 3.28. The summed E-state index contributed by atoms with van der Waals surface area (Å²) >= 11 is 0. The van der Waals surface area contributed by atoms with Crippen LogP contribution in [0.25, 0.3) is 0 Å². The second-order valence-corrected chi connectivity index (χ2v) is 4.81. The van der Waals surface area contributed by atoms with Gasteiger partial charge in [-0.05, 0) is 24.5 Å². The first-order valence-corrected chi connectivity index (χ1v) is 6.29. The Labute approximate surface area is 112 Å². The zero-order chi connectivity index (χ0) is 13.8. The number of guanidine groups is 1. The first-order chi connectivity index (χ1) is 9.13. The van der Waals surface area contributed by atoms with Crippen molar-refractivity contribution in [3.05, 3.63) is 35.1 Å². The molecule has 2 rings (SSSR count). The van der Waals surface area contributed by atoms with Crippen molar-refractivity contribution in [3.63, 3.8) is 0 Å². The van der Waals surface area contributed by atoms with E-state index in [1.54, 1.807) is 19.2 Å². The van der Waals surface area contributed by atoms with Gasteiger partial charge in [-0.1, -0.05) is 13.0 Å². The predicted octanol–water partition coefficient (Wildman–Crippen LogP) is 1.77. The number of nitriles is 1. The van der Waals surface area contributed by atoms with Crippen LogP contribution in [-0.4, -0.2) is 19.0 Å². The van der Waals surface area contributed by atoms with Crippen LogP contribution >= 0.6 is 0 Å². The van der Waals surface area contributed by atoms with Crippen LogP contribution in [0.5, 0.6) is 0 Å². The van der Waals surface area contributed by atoms with Gasteiger partial charge in [0.2, 0.25) is 0 Å². The van der Waals surface area contributed by atoms with Crippen molar-refractivity contribution >= 4 is 5.96 Å². The Balaban J connectivity index is 1.92. The third-order valence-electron chi connectivity index (χ3n) is 3.28. The number of aliphatic imine (C=N–C) groups is 1. The molecule has 1 aromatic carbocycles. The van der Waals surface area contributed by atoms with E-state index < -0.39 is 0 Å². The van der Waals surface area contributed by atoms with Crippen LogP contribution in [-0.2, 0) is 6.54 Å². The summed E-state index contributed by atoms with van der Waals surface area (Å²) in [6.45, 7) is 2.52. The maximum Gasteiger partial charge on any atom is 0.191 e. The largest absolute Gasteiger partial charge is 0.353 e. The smallest absolute Gasteiger partial charge is 0.191 e. The van der Waals surface area contributed by atoms with E-state index in [2.05, 4.69) is 22.5 Å². The Morgan fingerprint density at radius 2 is 2.32 bits per heavy atom. The van der Waals surface area contributed by atoms with Crippen LogP contribution in [0.2, 0.25) is 0 Å². The van der Waals surface area contributed by atoms with Crippen molar-refractivity contribution in [1.29, 1.82) is 5.26 Å². The Morgan fingerprint density at radius 1 is 1.58 bits per heavy atom. The minimum atomic E-state index is -0.373.